The Morgan fingerprint density at radius 2 is 1.79 bits per heavy atom. The molecule has 1 saturated carbocycles. The molecule has 14 heavy (non-hydrogen) atoms. The van der Waals surface area contributed by atoms with Gasteiger partial charge in [-0.1, -0.05) is 0 Å². The maximum Gasteiger partial charge on any atom is 0.00846 e. The molecule has 3 heterocycles. The Hall–Kier alpha value is -0.760. The fourth-order valence-corrected chi connectivity index (χ4v) is 2.93. The second kappa shape index (κ2) is 3.43. The van der Waals surface area contributed by atoms with Crippen LogP contribution in [0.4, 0.5) is 0 Å². The van der Waals surface area contributed by atoms with Crippen LogP contribution in [0.2, 0.25) is 0 Å². The van der Waals surface area contributed by atoms with Crippen LogP contribution >= 0.6 is 0 Å². The van der Waals surface area contributed by atoms with Crippen LogP contribution < -0.4 is 5.32 Å². The van der Waals surface area contributed by atoms with Gasteiger partial charge >= 0.3 is 0 Å². The summed E-state index contributed by atoms with van der Waals surface area (Å²) in [7, 11) is 0. The summed E-state index contributed by atoms with van der Waals surface area (Å²) in [4.78, 5) is 3.17. The van der Waals surface area contributed by atoms with Gasteiger partial charge < -0.3 is 10.3 Å². The molecular weight excluding hydrogens is 172 g/mol. The highest BCUT2D eigenvalue weighted by atomic mass is 15.0. The van der Waals surface area contributed by atoms with E-state index in [-0.39, 0.29) is 0 Å². The summed E-state index contributed by atoms with van der Waals surface area (Å²) >= 11 is 0. The van der Waals surface area contributed by atoms with Crippen LogP contribution in [0.25, 0.3) is 0 Å². The molecule has 2 bridgehead atoms. The first kappa shape index (κ1) is 8.54. The lowest BCUT2D eigenvalue weighted by atomic mass is 9.79. The van der Waals surface area contributed by atoms with E-state index in [0.29, 0.717) is 0 Å². The van der Waals surface area contributed by atoms with Crippen LogP contribution in [0.1, 0.15) is 43.6 Å². The lowest BCUT2D eigenvalue weighted by molar-refractivity contribution is 0.202. The predicted molar refractivity (Wildman–Crippen MR) is 57.3 cm³/mol. The fraction of sp³-hybridized carbons (Fsp3) is 0.667. The van der Waals surface area contributed by atoms with E-state index in [2.05, 4.69) is 22.6 Å². The van der Waals surface area contributed by atoms with E-state index in [1.807, 2.05) is 6.20 Å². The van der Waals surface area contributed by atoms with E-state index in [1.165, 1.54) is 37.7 Å². The van der Waals surface area contributed by atoms with Crippen molar-refractivity contribution >= 4 is 0 Å². The molecule has 0 spiro atoms. The van der Waals surface area contributed by atoms with Crippen molar-refractivity contribution in [1.82, 2.24) is 10.3 Å². The lowest BCUT2D eigenvalue weighted by Crippen LogP contribution is -2.53. The fourth-order valence-electron chi connectivity index (χ4n) is 2.93. The third-order valence-corrected chi connectivity index (χ3v) is 3.86. The molecular formula is C12H18N2. The molecule has 2 saturated heterocycles. The minimum absolute atomic E-state index is 0.814. The van der Waals surface area contributed by atoms with E-state index >= 15 is 0 Å². The molecule has 2 heteroatoms. The summed E-state index contributed by atoms with van der Waals surface area (Å²) in [6.45, 7) is 0. The second-order valence-corrected chi connectivity index (χ2v) is 4.79. The first-order valence-electron chi connectivity index (χ1n) is 5.80. The van der Waals surface area contributed by atoms with Gasteiger partial charge in [-0.15, -0.1) is 0 Å². The zero-order valence-corrected chi connectivity index (χ0v) is 8.50. The second-order valence-electron chi connectivity index (χ2n) is 4.79. The van der Waals surface area contributed by atoms with Crippen molar-refractivity contribution in [3.63, 3.8) is 0 Å². The largest absolute Gasteiger partial charge is 0.367 e. The Labute approximate surface area is 85.1 Å². The number of nitrogens with one attached hydrogen (secondary N) is 2. The van der Waals surface area contributed by atoms with Gasteiger partial charge in [-0.2, -0.15) is 0 Å². The van der Waals surface area contributed by atoms with E-state index in [9.17, 15) is 0 Å². The molecule has 0 aromatic carbocycles. The van der Waals surface area contributed by atoms with Gasteiger partial charge in [-0.05, 0) is 49.7 Å². The maximum atomic E-state index is 3.64. The quantitative estimate of drug-likeness (QED) is 0.699. The Morgan fingerprint density at radius 3 is 2.36 bits per heavy atom. The van der Waals surface area contributed by atoms with Gasteiger partial charge in [0, 0.05) is 24.5 Å². The zero-order valence-electron chi connectivity index (χ0n) is 8.50. The lowest BCUT2D eigenvalue weighted by Gasteiger charge is -2.41. The molecule has 2 N–H and O–H groups in total. The number of aromatic amines is 1. The predicted octanol–water partition coefficient (Wildman–Crippen LogP) is 2.40. The van der Waals surface area contributed by atoms with Crippen LogP contribution in [0.5, 0.6) is 0 Å². The molecule has 3 fully saturated rings. The van der Waals surface area contributed by atoms with Gasteiger partial charge in [0.05, 0.1) is 0 Å². The van der Waals surface area contributed by atoms with Crippen molar-refractivity contribution in [1.29, 1.82) is 0 Å². The number of hydrogen-bond acceptors (Lipinski definition) is 1. The van der Waals surface area contributed by atoms with Crippen LogP contribution in [0, 0.1) is 0 Å². The average molecular weight is 190 g/mol. The van der Waals surface area contributed by atoms with Gasteiger partial charge in [0.1, 0.15) is 0 Å². The summed E-state index contributed by atoms with van der Waals surface area (Å²) in [5.74, 6) is 0.814. The highest BCUT2D eigenvalue weighted by Crippen LogP contribution is 2.34. The van der Waals surface area contributed by atoms with E-state index < -0.39 is 0 Å². The molecule has 3 aliphatic rings. The molecule has 4 rings (SSSR count). The molecule has 2 atom stereocenters. The van der Waals surface area contributed by atoms with E-state index in [0.717, 1.165) is 18.0 Å². The SMILES string of the molecule is c1cc(C2CCC3CC(CC2)N3)c[nH]1. The third kappa shape index (κ3) is 1.48. The molecule has 1 aliphatic carbocycles. The summed E-state index contributed by atoms with van der Waals surface area (Å²) in [5, 5.41) is 3.64. The molecule has 2 aliphatic heterocycles. The van der Waals surface area contributed by atoms with Gasteiger partial charge in [0.25, 0.3) is 0 Å². The highest BCUT2D eigenvalue weighted by Gasteiger charge is 2.31. The van der Waals surface area contributed by atoms with Crippen molar-refractivity contribution in [2.45, 2.75) is 50.1 Å². The minimum atomic E-state index is 0.814. The van der Waals surface area contributed by atoms with E-state index in [1.54, 1.807) is 0 Å². The van der Waals surface area contributed by atoms with Gasteiger partial charge in [0.2, 0.25) is 0 Å². The van der Waals surface area contributed by atoms with Crippen LogP contribution in [-0.2, 0) is 0 Å². The highest BCUT2D eigenvalue weighted by molar-refractivity contribution is 5.15. The maximum absolute atomic E-state index is 3.64. The molecule has 1 aromatic heterocycles. The van der Waals surface area contributed by atoms with Crippen molar-refractivity contribution in [2.24, 2.45) is 0 Å². The van der Waals surface area contributed by atoms with Crippen LogP contribution in [-0.4, -0.2) is 17.1 Å². The van der Waals surface area contributed by atoms with Crippen LogP contribution in [0.3, 0.4) is 0 Å². The molecule has 1 aromatic rings. The standard InChI is InChI=1S/C12H18N2/c1-3-11-7-12(14-11)4-2-9(1)10-5-6-13-8-10/h5-6,8-9,11-14H,1-4,7H2. The van der Waals surface area contributed by atoms with Gasteiger partial charge in [0.15, 0.2) is 0 Å². The molecule has 2 nitrogen and oxygen atoms in total. The summed E-state index contributed by atoms with van der Waals surface area (Å²) in [5.41, 5.74) is 1.52. The molecule has 76 valence electrons. The monoisotopic (exact) mass is 190 g/mol. The van der Waals surface area contributed by atoms with Gasteiger partial charge in [-0.25, -0.2) is 0 Å². The number of hydrogen-bond donors (Lipinski definition) is 2. The normalized spacial score (nSPS) is 37.0. The molecule has 0 amide bonds. The first-order chi connectivity index (χ1) is 6.92. The Balaban J connectivity index is 1.69. The van der Waals surface area contributed by atoms with E-state index in [4.69, 9.17) is 0 Å². The van der Waals surface area contributed by atoms with Crippen molar-refractivity contribution in [3.05, 3.63) is 24.0 Å². The van der Waals surface area contributed by atoms with Crippen molar-refractivity contribution in [3.8, 4) is 0 Å². The molecule has 0 radical (unpaired) electrons. The Morgan fingerprint density at radius 1 is 1.07 bits per heavy atom. The molecule has 2 unspecified atom stereocenters. The van der Waals surface area contributed by atoms with Crippen molar-refractivity contribution in [2.75, 3.05) is 0 Å². The number of fused-ring (bicyclic) bond motifs is 4. The summed E-state index contributed by atoms with van der Waals surface area (Å²) in [6, 6.07) is 3.91. The summed E-state index contributed by atoms with van der Waals surface area (Å²) in [6.07, 6.45) is 11.1. The Kier molecular flexibility index (Phi) is 2.09. The third-order valence-electron chi connectivity index (χ3n) is 3.86. The Bertz CT molecular complexity index is 273. The topological polar surface area (TPSA) is 27.8 Å². The summed E-state index contributed by atoms with van der Waals surface area (Å²) < 4.78 is 0. The number of H-pyrrole nitrogens is 1. The number of aromatic nitrogens is 1. The van der Waals surface area contributed by atoms with Crippen LogP contribution in [0.15, 0.2) is 18.5 Å². The number of rotatable bonds is 1. The smallest absolute Gasteiger partial charge is 0.00846 e. The average Bonchev–Trinajstić information content (AvgIpc) is 2.51. The van der Waals surface area contributed by atoms with Gasteiger partial charge in [-0.3, -0.25) is 0 Å². The minimum Gasteiger partial charge on any atom is -0.367 e. The first-order valence-corrected chi connectivity index (χ1v) is 5.80. The zero-order chi connectivity index (χ0) is 9.38. The van der Waals surface area contributed by atoms with Crippen molar-refractivity contribution < 1.29 is 0 Å².